The number of para-hydroxylation sites is 1. The minimum absolute atomic E-state index is 0.0189. The van der Waals surface area contributed by atoms with Crippen molar-refractivity contribution >= 4 is 5.91 Å². The van der Waals surface area contributed by atoms with Crippen molar-refractivity contribution in [2.45, 2.75) is 38.3 Å². The van der Waals surface area contributed by atoms with E-state index in [-0.39, 0.29) is 35.2 Å². The highest BCUT2D eigenvalue weighted by atomic mass is 19.1. The molecule has 2 aromatic rings. The quantitative estimate of drug-likeness (QED) is 0.807. The lowest BCUT2D eigenvalue weighted by Crippen LogP contribution is -2.37. The number of ether oxygens (including phenoxy) is 2. The molecule has 2 aliphatic rings. The molecule has 142 valence electrons. The normalized spacial score (nSPS) is 23.5. The molecule has 6 heteroatoms. The van der Waals surface area contributed by atoms with E-state index >= 15 is 0 Å². The largest absolute Gasteiger partial charge is 0.493 e. The molecular weight excluding hydrogens is 347 g/mol. The van der Waals surface area contributed by atoms with Crippen molar-refractivity contribution in [1.82, 2.24) is 9.88 Å². The SMILES string of the molecule is COc1c(F)cccc1C(=O)N1C2CCC1C(COc1ccc(C)cn1)C2. The summed E-state index contributed by atoms with van der Waals surface area (Å²) in [4.78, 5) is 19.3. The standard InChI is InChI=1S/C21H23FN2O3/c1-13-6-9-19(23-11-13)27-12-14-10-15-7-8-18(14)24(15)21(25)16-4-3-5-17(22)20(16)26-2/h3-6,9,11,14-15,18H,7-8,10,12H2,1-2H3. The van der Waals surface area contributed by atoms with Gasteiger partial charge in [-0.05, 0) is 43.9 Å². The van der Waals surface area contributed by atoms with Gasteiger partial charge in [-0.3, -0.25) is 4.79 Å². The highest BCUT2D eigenvalue weighted by molar-refractivity contribution is 5.97. The van der Waals surface area contributed by atoms with Crippen molar-refractivity contribution in [3.05, 3.63) is 53.5 Å². The summed E-state index contributed by atoms with van der Waals surface area (Å²) in [5.41, 5.74) is 1.37. The topological polar surface area (TPSA) is 51.7 Å². The molecule has 2 aliphatic heterocycles. The first kappa shape index (κ1) is 17.8. The molecule has 5 nitrogen and oxygen atoms in total. The van der Waals surface area contributed by atoms with Gasteiger partial charge < -0.3 is 14.4 Å². The second-order valence-corrected chi connectivity index (χ2v) is 7.31. The number of hydrogen-bond donors (Lipinski definition) is 0. The number of methoxy groups -OCH3 is 1. The van der Waals surface area contributed by atoms with Crippen LogP contribution in [0, 0.1) is 18.7 Å². The van der Waals surface area contributed by atoms with E-state index in [2.05, 4.69) is 4.98 Å². The molecule has 27 heavy (non-hydrogen) atoms. The molecule has 1 aromatic carbocycles. The minimum atomic E-state index is -0.514. The van der Waals surface area contributed by atoms with Crippen molar-refractivity contribution in [3.8, 4) is 11.6 Å². The Balaban J connectivity index is 1.48. The van der Waals surface area contributed by atoms with Gasteiger partial charge >= 0.3 is 0 Å². The molecule has 1 amide bonds. The lowest BCUT2D eigenvalue weighted by atomic mass is 9.90. The molecule has 2 bridgehead atoms. The monoisotopic (exact) mass is 370 g/mol. The molecule has 1 aromatic heterocycles. The van der Waals surface area contributed by atoms with Crippen molar-refractivity contribution < 1.29 is 18.7 Å². The summed E-state index contributed by atoms with van der Waals surface area (Å²) in [6.45, 7) is 2.51. The van der Waals surface area contributed by atoms with Gasteiger partial charge in [-0.25, -0.2) is 9.37 Å². The van der Waals surface area contributed by atoms with Gasteiger partial charge in [-0.15, -0.1) is 0 Å². The molecule has 3 heterocycles. The van der Waals surface area contributed by atoms with Crippen LogP contribution in [-0.2, 0) is 0 Å². The van der Waals surface area contributed by atoms with Gasteiger partial charge in [0.15, 0.2) is 11.6 Å². The van der Waals surface area contributed by atoms with Crippen molar-refractivity contribution in [2.24, 2.45) is 5.92 Å². The Morgan fingerprint density at radius 2 is 2.15 bits per heavy atom. The van der Waals surface area contributed by atoms with Gasteiger partial charge in [0.2, 0.25) is 5.88 Å². The van der Waals surface area contributed by atoms with Gasteiger partial charge in [0.25, 0.3) is 5.91 Å². The number of benzene rings is 1. The first-order valence-electron chi connectivity index (χ1n) is 9.29. The lowest BCUT2D eigenvalue weighted by Gasteiger charge is -2.25. The maximum Gasteiger partial charge on any atom is 0.258 e. The van der Waals surface area contributed by atoms with E-state index in [1.54, 1.807) is 18.3 Å². The highest BCUT2D eigenvalue weighted by Gasteiger charge is 2.49. The van der Waals surface area contributed by atoms with Gasteiger partial charge in [0.05, 0.1) is 19.3 Å². The first-order valence-corrected chi connectivity index (χ1v) is 9.29. The third-order valence-electron chi connectivity index (χ3n) is 5.63. The molecule has 4 rings (SSSR count). The maximum atomic E-state index is 14.0. The van der Waals surface area contributed by atoms with Crippen molar-refractivity contribution in [3.63, 3.8) is 0 Å². The Labute approximate surface area is 158 Å². The van der Waals surface area contributed by atoms with Crippen LogP contribution in [0.15, 0.2) is 36.5 Å². The van der Waals surface area contributed by atoms with Crippen molar-refractivity contribution in [1.29, 1.82) is 0 Å². The molecule has 0 radical (unpaired) electrons. The van der Waals surface area contributed by atoms with Gasteiger partial charge in [-0.2, -0.15) is 0 Å². The Bertz CT molecular complexity index is 840. The number of carbonyl (C=O) groups is 1. The first-order chi connectivity index (χ1) is 13.1. The molecule has 2 fully saturated rings. The summed E-state index contributed by atoms with van der Waals surface area (Å²) in [5, 5.41) is 0. The molecule has 0 aliphatic carbocycles. The van der Waals surface area contributed by atoms with Crippen LogP contribution >= 0.6 is 0 Å². The average Bonchev–Trinajstić information content (AvgIpc) is 3.24. The number of amides is 1. The van der Waals surface area contributed by atoms with E-state index in [1.165, 1.54) is 13.2 Å². The zero-order valence-corrected chi connectivity index (χ0v) is 15.5. The molecule has 0 spiro atoms. The number of rotatable bonds is 5. The predicted molar refractivity (Wildman–Crippen MR) is 98.5 cm³/mol. The summed E-state index contributed by atoms with van der Waals surface area (Å²) >= 11 is 0. The van der Waals surface area contributed by atoms with E-state index in [4.69, 9.17) is 9.47 Å². The van der Waals surface area contributed by atoms with Crippen LogP contribution in [-0.4, -0.2) is 41.6 Å². The van der Waals surface area contributed by atoms with Crippen LogP contribution in [0.5, 0.6) is 11.6 Å². The fraction of sp³-hybridized carbons (Fsp3) is 0.429. The van der Waals surface area contributed by atoms with Crippen molar-refractivity contribution in [2.75, 3.05) is 13.7 Å². The number of carbonyl (C=O) groups excluding carboxylic acids is 1. The van der Waals surface area contributed by atoms with E-state index in [1.807, 2.05) is 24.0 Å². The van der Waals surface area contributed by atoms with E-state index in [0.29, 0.717) is 12.5 Å². The molecule has 3 unspecified atom stereocenters. The molecule has 3 atom stereocenters. The average molecular weight is 370 g/mol. The summed E-state index contributed by atoms with van der Waals surface area (Å²) in [6, 6.07) is 8.60. The second-order valence-electron chi connectivity index (χ2n) is 7.31. The van der Waals surface area contributed by atoms with Crippen LogP contribution in [0.4, 0.5) is 4.39 Å². The van der Waals surface area contributed by atoms with Gasteiger partial charge in [-0.1, -0.05) is 12.1 Å². The minimum Gasteiger partial charge on any atom is -0.493 e. The number of nitrogens with zero attached hydrogens (tertiary/aromatic N) is 2. The number of fused-ring (bicyclic) bond motifs is 2. The fourth-order valence-electron chi connectivity index (χ4n) is 4.36. The molecule has 2 saturated heterocycles. The number of hydrogen-bond acceptors (Lipinski definition) is 4. The zero-order valence-electron chi connectivity index (χ0n) is 15.5. The third kappa shape index (κ3) is 3.24. The highest BCUT2D eigenvalue weighted by Crippen LogP contribution is 2.43. The Hall–Kier alpha value is -2.63. The Morgan fingerprint density at radius 3 is 2.89 bits per heavy atom. The van der Waals surface area contributed by atoms with Crippen LogP contribution in [0.1, 0.15) is 35.2 Å². The summed E-state index contributed by atoms with van der Waals surface area (Å²) in [5.74, 6) is 0.212. The number of aryl methyl sites for hydroxylation is 1. The third-order valence-corrected chi connectivity index (χ3v) is 5.63. The fourth-order valence-corrected chi connectivity index (χ4v) is 4.36. The summed E-state index contributed by atoms with van der Waals surface area (Å²) in [6.07, 6.45) is 4.61. The summed E-state index contributed by atoms with van der Waals surface area (Å²) in [7, 11) is 1.39. The Morgan fingerprint density at radius 1 is 1.30 bits per heavy atom. The van der Waals surface area contributed by atoms with Crippen LogP contribution in [0.3, 0.4) is 0 Å². The van der Waals surface area contributed by atoms with Crippen LogP contribution in [0.25, 0.3) is 0 Å². The van der Waals surface area contributed by atoms with Crippen LogP contribution in [0.2, 0.25) is 0 Å². The maximum absolute atomic E-state index is 14.0. The smallest absolute Gasteiger partial charge is 0.258 e. The molecular formula is C21H23FN2O3. The van der Waals surface area contributed by atoms with Gasteiger partial charge in [0, 0.05) is 30.3 Å². The Kier molecular flexibility index (Phi) is 4.72. The molecule has 0 N–H and O–H groups in total. The zero-order chi connectivity index (χ0) is 19.0. The number of aromatic nitrogens is 1. The number of pyridine rings is 1. The van der Waals surface area contributed by atoms with E-state index < -0.39 is 5.82 Å². The van der Waals surface area contributed by atoms with E-state index in [9.17, 15) is 9.18 Å². The van der Waals surface area contributed by atoms with Gasteiger partial charge in [0.1, 0.15) is 0 Å². The predicted octanol–water partition coefficient (Wildman–Crippen LogP) is 3.61. The molecule has 0 saturated carbocycles. The van der Waals surface area contributed by atoms with Crippen LogP contribution < -0.4 is 9.47 Å². The summed E-state index contributed by atoms with van der Waals surface area (Å²) < 4.78 is 25.0. The lowest BCUT2D eigenvalue weighted by molar-refractivity contribution is 0.0705. The van der Waals surface area contributed by atoms with E-state index in [0.717, 1.165) is 24.8 Å². The second kappa shape index (κ2) is 7.18. The number of halogens is 1.